The van der Waals surface area contributed by atoms with Crippen LogP contribution in [0.3, 0.4) is 0 Å². The van der Waals surface area contributed by atoms with E-state index >= 15 is 0 Å². The topological polar surface area (TPSA) is 50.9 Å². The molecule has 1 aromatic carbocycles. The number of unbranched alkanes of at least 4 members (excludes halogenated alkanes) is 1. The maximum atomic E-state index is 11.0. The van der Waals surface area contributed by atoms with Crippen LogP contribution in [0.2, 0.25) is 0 Å². The maximum absolute atomic E-state index is 11.0. The largest absolute Gasteiger partial charge is 0.507 e. The molecule has 28 heavy (non-hydrogen) atoms. The molecule has 0 aliphatic heterocycles. The Hall–Kier alpha value is -1.49. The highest BCUT2D eigenvalue weighted by Crippen LogP contribution is 2.40. The minimum Gasteiger partial charge on any atom is -0.507 e. The highest BCUT2D eigenvalue weighted by molar-refractivity contribution is 7.99. The summed E-state index contributed by atoms with van der Waals surface area (Å²) in [5.74, 6) is 2.43. The Kier molecular flexibility index (Phi) is 7.24. The van der Waals surface area contributed by atoms with E-state index in [0.717, 1.165) is 59.2 Å². The zero-order valence-electron chi connectivity index (χ0n) is 18.9. The van der Waals surface area contributed by atoms with Crippen LogP contribution in [0, 0.1) is 0 Å². The Morgan fingerprint density at radius 3 is 2.00 bits per heavy atom. The lowest BCUT2D eigenvalue weighted by Gasteiger charge is -2.28. The molecule has 0 aliphatic carbocycles. The lowest BCUT2D eigenvalue weighted by molar-refractivity contribution is 0.423. The van der Waals surface area contributed by atoms with Crippen LogP contribution < -0.4 is 0 Å². The van der Waals surface area contributed by atoms with E-state index in [1.54, 1.807) is 11.8 Å². The van der Waals surface area contributed by atoms with Gasteiger partial charge in [-0.15, -0.1) is 5.10 Å². The number of aromatic nitrogens is 3. The second-order valence-electron chi connectivity index (χ2n) is 9.56. The molecular weight excluding hydrogens is 366 g/mol. The molecule has 0 unspecified atom stereocenters. The Bertz CT molecular complexity index is 762. The molecule has 1 aromatic heterocycles. The summed E-state index contributed by atoms with van der Waals surface area (Å²) in [4.78, 5) is 4.82. The Balaban J connectivity index is 2.67. The van der Waals surface area contributed by atoms with Gasteiger partial charge in [-0.2, -0.15) is 0 Å². The van der Waals surface area contributed by atoms with Gasteiger partial charge in [0.1, 0.15) is 11.6 Å². The molecule has 5 heteroatoms. The van der Waals surface area contributed by atoms with Gasteiger partial charge >= 0.3 is 0 Å². The minimum atomic E-state index is -0.163. The van der Waals surface area contributed by atoms with Crippen molar-refractivity contribution in [1.82, 2.24) is 14.8 Å². The number of phenols is 1. The number of aromatic hydroxyl groups is 1. The predicted octanol–water partition coefficient (Wildman–Crippen LogP) is 6.41. The lowest BCUT2D eigenvalue weighted by atomic mass is 9.79. The van der Waals surface area contributed by atoms with E-state index in [0.29, 0.717) is 5.75 Å². The summed E-state index contributed by atoms with van der Waals surface area (Å²) in [6.07, 6.45) is 4.23. The Morgan fingerprint density at radius 1 is 0.964 bits per heavy atom. The normalized spacial score (nSPS) is 12.6. The van der Waals surface area contributed by atoms with E-state index in [9.17, 15) is 5.11 Å². The number of hydrogen-bond acceptors (Lipinski definition) is 4. The number of thioether (sulfide) groups is 1. The zero-order chi connectivity index (χ0) is 21.1. The zero-order valence-corrected chi connectivity index (χ0v) is 19.7. The first-order valence-corrected chi connectivity index (χ1v) is 11.4. The standard InChI is InChI=1S/C23H37N3OS/c1-9-11-12-19-24-21(28-13-10-2)25-26(19)16-14-17(22(3,4)5)20(27)18(15-16)23(6,7)8/h14-15,27H,9-13H2,1-8H3. The van der Waals surface area contributed by atoms with Crippen molar-refractivity contribution in [2.75, 3.05) is 5.75 Å². The van der Waals surface area contributed by atoms with Crippen LogP contribution in [0.15, 0.2) is 17.3 Å². The first-order valence-electron chi connectivity index (χ1n) is 10.5. The number of benzene rings is 1. The van der Waals surface area contributed by atoms with Crippen LogP contribution in [0.5, 0.6) is 5.75 Å². The van der Waals surface area contributed by atoms with E-state index in [1.165, 1.54) is 0 Å². The summed E-state index contributed by atoms with van der Waals surface area (Å²) in [6, 6.07) is 4.17. The van der Waals surface area contributed by atoms with Gasteiger partial charge in [0.05, 0.1) is 5.69 Å². The van der Waals surface area contributed by atoms with Crippen molar-refractivity contribution in [2.45, 2.75) is 97.1 Å². The first kappa shape index (κ1) is 22.8. The van der Waals surface area contributed by atoms with E-state index in [2.05, 4.69) is 67.5 Å². The maximum Gasteiger partial charge on any atom is 0.209 e. The molecule has 2 rings (SSSR count). The van der Waals surface area contributed by atoms with E-state index in [-0.39, 0.29) is 10.8 Å². The highest BCUT2D eigenvalue weighted by atomic mass is 32.2. The summed E-state index contributed by atoms with van der Waals surface area (Å²) in [7, 11) is 0. The average molecular weight is 404 g/mol. The van der Waals surface area contributed by atoms with Crippen LogP contribution in [-0.2, 0) is 17.3 Å². The summed E-state index contributed by atoms with van der Waals surface area (Å²) in [6.45, 7) is 17.2. The molecule has 4 nitrogen and oxygen atoms in total. The van der Waals surface area contributed by atoms with E-state index < -0.39 is 0 Å². The van der Waals surface area contributed by atoms with Gasteiger partial charge in [-0.3, -0.25) is 0 Å². The number of phenolic OH excluding ortho intramolecular Hbond substituents is 1. The molecule has 0 saturated heterocycles. The van der Waals surface area contributed by atoms with Gasteiger partial charge in [-0.05, 0) is 35.8 Å². The van der Waals surface area contributed by atoms with Crippen LogP contribution in [0.4, 0.5) is 0 Å². The van der Waals surface area contributed by atoms with Crippen molar-refractivity contribution in [3.05, 3.63) is 29.1 Å². The van der Waals surface area contributed by atoms with Crippen LogP contribution in [0.25, 0.3) is 5.69 Å². The molecule has 0 fully saturated rings. The molecule has 0 bridgehead atoms. The SMILES string of the molecule is CCCCc1nc(SCCC)nn1-c1cc(C(C)(C)C)c(O)c(C(C)(C)C)c1. The van der Waals surface area contributed by atoms with Crippen molar-refractivity contribution in [1.29, 1.82) is 0 Å². The fourth-order valence-electron chi connectivity index (χ4n) is 3.17. The van der Waals surface area contributed by atoms with Gasteiger partial charge in [-0.25, -0.2) is 9.67 Å². The monoisotopic (exact) mass is 403 g/mol. The van der Waals surface area contributed by atoms with E-state index in [1.807, 2.05) is 4.68 Å². The van der Waals surface area contributed by atoms with Gasteiger partial charge in [0.25, 0.3) is 0 Å². The van der Waals surface area contributed by atoms with Crippen molar-refractivity contribution in [3.63, 3.8) is 0 Å². The summed E-state index contributed by atoms with van der Waals surface area (Å²) >= 11 is 1.71. The third kappa shape index (κ3) is 5.31. The number of rotatable bonds is 7. The average Bonchev–Trinajstić information content (AvgIpc) is 2.99. The van der Waals surface area contributed by atoms with Gasteiger partial charge in [0.15, 0.2) is 0 Å². The molecule has 1 heterocycles. The van der Waals surface area contributed by atoms with Crippen LogP contribution in [0.1, 0.15) is 91.6 Å². The summed E-state index contributed by atoms with van der Waals surface area (Å²) in [5.41, 5.74) is 2.58. The molecule has 0 amide bonds. The van der Waals surface area contributed by atoms with Crippen LogP contribution >= 0.6 is 11.8 Å². The minimum absolute atomic E-state index is 0.163. The highest BCUT2D eigenvalue weighted by Gasteiger charge is 2.27. The molecule has 1 N–H and O–H groups in total. The second kappa shape index (κ2) is 8.89. The molecule has 0 saturated carbocycles. The molecule has 2 aromatic rings. The Labute approximate surface area is 175 Å². The van der Waals surface area contributed by atoms with Gasteiger partial charge < -0.3 is 5.11 Å². The fraction of sp³-hybridized carbons (Fsp3) is 0.652. The summed E-state index contributed by atoms with van der Waals surface area (Å²) in [5, 5.41) is 16.7. The third-order valence-electron chi connectivity index (χ3n) is 4.80. The smallest absolute Gasteiger partial charge is 0.209 e. The third-order valence-corrected chi connectivity index (χ3v) is 5.84. The van der Waals surface area contributed by atoms with Gasteiger partial charge in [0, 0.05) is 23.3 Å². The molecule has 0 spiro atoms. The van der Waals surface area contributed by atoms with Crippen molar-refractivity contribution >= 4 is 11.8 Å². The van der Waals surface area contributed by atoms with E-state index in [4.69, 9.17) is 10.1 Å². The molecule has 0 radical (unpaired) electrons. The molecular formula is C23H37N3OS. The predicted molar refractivity (Wildman–Crippen MR) is 120 cm³/mol. The quantitative estimate of drug-likeness (QED) is 0.542. The van der Waals surface area contributed by atoms with Crippen LogP contribution in [-0.4, -0.2) is 25.6 Å². The molecule has 156 valence electrons. The molecule has 0 atom stereocenters. The van der Waals surface area contributed by atoms with Gasteiger partial charge in [0.2, 0.25) is 5.16 Å². The van der Waals surface area contributed by atoms with Gasteiger partial charge in [-0.1, -0.05) is 73.6 Å². The Morgan fingerprint density at radius 2 is 1.54 bits per heavy atom. The number of nitrogens with zero attached hydrogens (tertiary/aromatic N) is 3. The number of aryl methyl sites for hydroxylation is 1. The van der Waals surface area contributed by atoms with Crippen molar-refractivity contribution in [3.8, 4) is 11.4 Å². The lowest BCUT2D eigenvalue weighted by Crippen LogP contribution is -2.18. The summed E-state index contributed by atoms with van der Waals surface area (Å²) < 4.78 is 2.00. The molecule has 0 aliphatic rings. The second-order valence-corrected chi connectivity index (χ2v) is 10.6. The first-order chi connectivity index (χ1) is 13.0. The number of hydrogen-bond donors (Lipinski definition) is 1. The van der Waals surface area contributed by atoms with Crippen molar-refractivity contribution < 1.29 is 5.11 Å². The fourth-order valence-corrected chi connectivity index (χ4v) is 3.86. The van der Waals surface area contributed by atoms with Crippen molar-refractivity contribution in [2.24, 2.45) is 0 Å².